The third kappa shape index (κ3) is 3.06. The van der Waals surface area contributed by atoms with Crippen LogP contribution >= 0.6 is 0 Å². The molecule has 6 heteroatoms. The molecule has 0 aliphatic heterocycles. The maximum absolute atomic E-state index is 12.5. The summed E-state index contributed by atoms with van der Waals surface area (Å²) in [5.41, 5.74) is 0.0723. The molecule has 0 heterocycles. The van der Waals surface area contributed by atoms with Gasteiger partial charge in [-0.05, 0) is 46.2 Å². The number of aliphatic carboxylic acids is 1. The summed E-state index contributed by atoms with van der Waals surface area (Å²) in [5.74, 6) is -0.940. The van der Waals surface area contributed by atoms with Crippen molar-refractivity contribution in [1.82, 2.24) is 14.7 Å². The molecular formula is C14H25N3O3. The predicted octanol–water partition coefficient (Wildman–Crippen LogP) is 1.07. The van der Waals surface area contributed by atoms with E-state index in [2.05, 4.69) is 4.90 Å². The molecule has 0 aromatic rings. The van der Waals surface area contributed by atoms with E-state index >= 15 is 0 Å². The summed E-state index contributed by atoms with van der Waals surface area (Å²) in [6.45, 7) is 0.477. The Morgan fingerprint density at radius 3 is 2.15 bits per heavy atom. The van der Waals surface area contributed by atoms with Gasteiger partial charge in [0.05, 0.1) is 0 Å². The third-order valence-electron chi connectivity index (χ3n) is 4.63. The van der Waals surface area contributed by atoms with Crippen molar-refractivity contribution in [2.75, 3.05) is 34.2 Å². The second kappa shape index (κ2) is 5.60. The Hall–Kier alpha value is -1.30. The monoisotopic (exact) mass is 283 g/mol. The number of likely N-dealkylation sites (N-methyl/N-ethyl adjacent to an activating group) is 2. The Balaban J connectivity index is 1.98. The number of carbonyl (C=O) groups is 2. The molecule has 2 amide bonds. The maximum atomic E-state index is 12.5. The van der Waals surface area contributed by atoms with Gasteiger partial charge in [0.1, 0.15) is 6.54 Å². The quantitative estimate of drug-likeness (QED) is 0.792. The number of carboxylic acids is 1. The highest BCUT2D eigenvalue weighted by atomic mass is 16.4. The molecular weight excluding hydrogens is 258 g/mol. The topological polar surface area (TPSA) is 64.1 Å². The molecule has 2 aliphatic carbocycles. The molecule has 20 heavy (non-hydrogen) atoms. The van der Waals surface area contributed by atoms with Gasteiger partial charge in [-0.3, -0.25) is 4.79 Å². The van der Waals surface area contributed by atoms with E-state index in [1.807, 2.05) is 14.1 Å². The molecule has 1 N–H and O–H groups in total. The van der Waals surface area contributed by atoms with Crippen LogP contribution in [0.4, 0.5) is 4.79 Å². The molecule has 0 spiro atoms. The minimum atomic E-state index is -0.940. The number of amides is 2. The molecule has 0 atom stereocenters. The highest BCUT2D eigenvalue weighted by molar-refractivity contribution is 5.80. The zero-order valence-electron chi connectivity index (χ0n) is 12.6. The molecule has 2 rings (SSSR count). The van der Waals surface area contributed by atoms with E-state index in [0.717, 1.165) is 25.7 Å². The summed E-state index contributed by atoms with van der Waals surface area (Å²) in [7, 11) is 5.88. The van der Waals surface area contributed by atoms with Gasteiger partial charge >= 0.3 is 12.0 Å². The first-order chi connectivity index (χ1) is 9.35. The lowest BCUT2D eigenvalue weighted by Gasteiger charge is -2.49. The lowest BCUT2D eigenvalue weighted by atomic mass is 9.75. The van der Waals surface area contributed by atoms with Crippen LogP contribution in [0.25, 0.3) is 0 Å². The molecule has 0 aromatic carbocycles. The van der Waals surface area contributed by atoms with Crippen molar-refractivity contribution >= 4 is 12.0 Å². The number of carbonyl (C=O) groups excluding carboxylic acids is 1. The van der Waals surface area contributed by atoms with Gasteiger partial charge in [0.15, 0.2) is 0 Å². The van der Waals surface area contributed by atoms with Crippen molar-refractivity contribution in [2.24, 2.45) is 0 Å². The first-order valence-electron chi connectivity index (χ1n) is 7.27. The molecule has 0 unspecified atom stereocenters. The minimum absolute atomic E-state index is 0.0723. The zero-order chi connectivity index (χ0) is 14.9. The Kier molecular flexibility index (Phi) is 4.22. The summed E-state index contributed by atoms with van der Waals surface area (Å²) in [6.07, 6.45) is 5.24. The average Bonchev–Trinajstić information content (AvgIpc) is 3.12. The highest BCUT2D eigenvalue weighted by Crippen LogP contribution is 2.37. The maximum Gasteiger partial charge on any atom is 0.323 e. The van der Waals surface area contributed by atoms with Gasteiger partial charge in [-0.15, -0.1) is 0 Å². The van der Waals surface area contributed by atoms with Crippen LogP contribution in [-0.4, -0.2) is 77.6 Å². The summed E-state index contributed by atoms with van der Waals surface area (Å²) < 4.78 is 0. The first kappa shape index (κ1) is 15.1. The minimum Gasteiger partial charge on any atom is -0.480 e. The van der Waals surface area contributed by atoms with E-state index in [1.165, 1.54) is 11.3 Å². The second-order valence-electron chi connectivity index (χ2n) is 6.36. The fourth-order valence-electron chi connectivity index (χ4n) is 2.94. The average molecular weight is 283 g/mol. The molecule has 114 valence electrons. The second-order valence-corrected chi connectivity index (χ2v) is 6.36. The summed E-state index contributed by atoms with van der Waals surface area (Å²) in [4.78, 5) is 28.8. The molecule has 2 saturated carbocycles. The fraction of sp³-hybridized carbons (Fsp3) is 0.857. The van der Waals surface area contributed by atoms with Gasteiger partial charge in [-0.2, -0.15) is 0 Å². The molecule has 2 fully saturated rings. The van der Waals surface area contributed by atoms with E-state index in [1.54, 1.807) is 11.9 Å². The fourth-order valence-corrected chi connectivity index (χ4v) is 2.94. The number of hydrogen-bond donors (Lipinski definition) is 1. The smallest absolute Gasteiger partial charge is 0.323 e. The Labute approximate surface area is 120 Å². The lowest BCUT2D eigenvalue weighted by Crippen LogP contribution is -2.59. The molecule has 2 aliphatic rings. The van der Waals surface area contributed by atoms with E-state index < -0.39 is 5.97 Å². The van der Waals surface area contributed by atoms with Crippen molar-refractivity contribution in [1.29, 1.82) is 0 Å². The highest BCUT2D eigenvalue weighted by Gasteiger charge is 2.42. The summed E-state index contributed by atoms with van der Waals surface area (Å²) in [6, 6.07) is -0.0271. The van der Waals surface area contributed by atoms with Gasteiger partial charge in [0, 0.05) is 25.2 Å². The molecule has 0 saturated heterocycles. The number of rotatable bonds is 6. The molecule has 0 bridgehead atoms. The van der Waals surface area contributed by atoms with E-state index in [9.17, 15) is 9.59 Å². The van der Waals surface area contributed by atoms with Crippen LogP contribution in [0.2, 0.25) is 0 Å². The van der Waals surface area contributed by atoms with Crippen LogP contribution in [0, 0.1) is 0 Å². The lowest BCUT2D eigenvalue weighted by molar-refractivity contribution is -0.137. The largest absolute Gasteiger partial charge is 0.480 e. The van der Waals surface area contributed by atoms with Gasteiger partial charge in [-0.25, -0.2) is 4.79 Å². The third-order valence-corrected chi connectivity index (χ3v) is 4.63. The first-order valence-corrected chi connectivity index (χ1v) is 7.27. The molecule has 6 nitrogen and oxygen atoms in total. The van der Waals surface area contributed by atoms with E-state index in [4.69, 9.17) is 5.11 Å². The van der Waals surface area contributed by atoms with Crippen LogP contribution < -0.4 is 0 Å². The van der Waals surface area contributed by atoms with Crippen LogP contribution in [0.3, 0.4) is 0 Å². The van der Waals surface area contributed by atoms with Crippen LogP contribution in [0.5, 0.6) is 0 Å². The standard InChI is InChI=1S/C14H25N3O3/c1-15(2)14(7-4-8-14)10-16(3)13(20)17(9-12(18)19)11-5-6-11/h11H,4-10H2,1-3H3,(H,18,19). The van der Waals surface area contributed by atoms with Gasteiger partial charge < -0.3 is 19.8 Å². The Morgan fingerprint density at radius 1 is 1.20 bits per heavy atom. The van der Waals surface area contributed by atoms with Crippen molar-refractivity contribution in [3.63, 3.8) is 0 Å². The van der Waals surface area contributed by atoms with Gasteiger partial charge in [-0.1, -0.05) is 0 Å². The normalized spacial score (nSPS) is 20.4. The van der Waals surface area contributed by atoms with Gasteiger partial charge in [0.25, 0.3) is 0 Å². The van der Waals surface area contributed by atoms with Crippen molar-refractivity contribution in [3.8, 4) is 0 Å². The summed E-state index contributed by atoms with van der Waals surface area (Å²) in [5, 5.41) is 8.95. The Morgan fingerprint density at radius 2 is 1.80 bits per heavy atom. The molecule has 0 aromatic heterocycles. The van der Waals surface area contributed by atoms with E-state index in [-0.39, 0.29) is 24.2 Å². The van der Waals surface area contributed by atoms with Crippen LogP contribution in [-0.2, 0) is 4.79 Å². The number of hydrogen-bond acceptors (Lipinski definition) is 3. The van der Waals surface area contributed by atoms with Crippen molar-refractivity contribution < 1.29 is 14.7 Å². The zero-order valence-corrected chi connectivity index (χ0v) is 12.6. The predicted molar refractivity (Wildman–Crippen MR) is 75.7 cm³/mol. The molecule has 0 radical (unpaired) electrons. The summed E-state index contributed by atoms with van der Waals surface area (Å²) >= 11 is 0. The Bertz CT molecular complexity index is 389. The number of urea groups is 1. The van der Waals surface area contributed by atoms with Gasteiger partial charge in [0.2, 0.25) is 0 Å². The van der Waals surface area contributed by atoms with Crippen LogP contribution in [0.15, 0.2) is 0 Å². The van der Waals surface area contributed by atoms with Crippen LogP contribution in [0.1, 0.15) is 32.1 Å². The number of carboxylic acid groups (broad SMARTS) is 1. The van der Waals surface area contributed by atoms with Crippen molar-refractivity contribution in [3.05, 3.63) is 0 Å². The van der Waals surface area contributed by atoms with E-state index in [0.29, 0.717) is 6.54 Å². The van der Waals surface area contributed by atoms with Crippen molar-refractivity contribution in [2.45, 2.75) is 43.7 Å². The number of nitrogens with zero attached hydrogens (tertiary/aromatic N) is 3. The SMILES string of the molecule is CN(CC1(N(C)C)CCC1)C(=O)N(CC(=O)O)C1CC1.